The van der Waals surface area contributed by atoms with Gasteiger partial charge in [0, 0.05) is 0 Å². The number of carbonyl (C=O) groups excluding carboxylic acids is 2. The molecule has 0 bridgehead atoms. The summed E-state index contributed by atoms with van der Waals surface area (Å²) < 4.78 is 11.5. The van der Waals surface area contributed by atoms with Gasteiger partial charge in [-0.25, -0.2) is 9.59 Å². The van der Waals surface area contributed by atoms with Crippen molar-refractivity contribution in [2.45, 2.75) is 45.2 Å². The molecule has 1 aliphatic heterocycles. The molecule has 0 radical (unpaired) electrons. The molecule has 0 saturated carbocycles. The highest BCUT2D eigenvalue weighted by Gasteiger charge is 2.45. The molecule has 1 aliphatic rings. The zero-order valence-electron chi connectivity index (χ0n) is 20.9. The van der Waals surface area contributed by atoms with Crippen LogP contribution in [0.15, 0.2) is 84.9 Å². The molecule has 4 rings (SSSR count). The van der Waals surface area contributed by atoms with E-state index in [1.165, 1.54) is 23.6 Å². The van der Waals surface area contributed by atoms with E-state index in [0.29, 0.717) is 12.2 Å². The molecule has 1 heterocycles. The summed E-state index contributed by atoms with van der Waals surface area (Å²) in [5.74, 6) is -0.995. The Bertz CT molecular complexity index is 1230. The van der Waals surface area contributed by atoms with Crippen LogP contribution in [0.3, 0.4) is 0 Å². The van der Waals surface area contributed by atoms with Crippen molar-refractivity contribution in [3.8, 4) is 5.75 Å². The molecule has 3 amide bonds. The molecule has 192 valence electrons. The highest BCUT2D eigenvalue weighted by molar-refractivity contribution is 6.03. The minimum atomic E-state index is -1.34. The van der Waals surface area contributed by atoms with Crippen LogP contribution in [0, 0.1) is 0 Å². The van der Waals surface area contributed by atoms with Crippen LogP contribution in [-0.4, -0.2) is 51.2 Å². The van der Waals surface area contributed by atoms with E-state index in [2.05, 4.69) is 0 Å². The quantitative estimate of drug-likeness (QED) is 0.389. The van der Waals surface area contributed by atoms with Crippen LogP contribution in [-0.2, 0) is 33.8 Å². The normalized spacial score (nSPS) is 15.8. The maximum absolute atomic E-state index is 13.3. The fourth-order valence-corrected chi connectivity index (χ4v) is 3.97. The number of aliphatic carboxylic acids is 1. The fraction of sp³-hybridized carbons (Fsp3) is 0.276. The number of nitrogens with zero attached hydrogens (tertiary/aromatic N) is 2. The molecule has 1 atom stereocenters. The third kappa shape index (κ3) is 6.34. The van der Waals surface area contributed by atoms with Crippen LogP contribution in [0.1, 0.15) is 30.5 Å². The van der Waals surface area contributed by atoms with Gasteiger partial charge < -0.3 is 14.6 Å². The lowest BCUT2D eigenvalue weighted by atomic mass is 10.1. The number of carboxylic acids is 1. The van der Waals surface area contributed by atoms with Crippen LogP contribution in [0.25, 0.3) is 0 Å². The van der Waals surface area contributed by atoms with Crippen molar-refractivity contribution in [1.29, 1.82) is 0 Å². The van der Waals surface area contributed by atoms with Crippen LogP contribution >= 0.6 is 0 Å². The summed E-state index contributed by atoms with van der Waals surface area (Å²) in [4.78, 5) is 40.5. The Morgan fingerprint density at radius 1 is 0.838 bits per heavy atom. The number of amides is 3. The van der Waals surface area contributed by atoms with Gasteiger partial charge in [-0.2, -0.15) is 0 Å². The van der Waals surface area contributed by atoms with Gasteiger partial charge in [-0.1, -0.05) is 72.8 Å². The Labute approximate surface area is 216 Å². The van der Waals surface area contributed by atoms with Crippen molar-refractivity contribution in [3.05, 3.63) is 102 Å². The second kappa shape index (κ2) is 11.3. The largest absolute Gasteiger partial charge is 0.478 e. The number of benzene rings is 3. The van der Waals surface area contributed by atoms with Crippen molar-refractivity contribution in [2.75, 3.05) is 6.61 Å². The van der Waals surface area contributed by atoms with Gasteiger partial charge in [-0.05, 0) is 49.1 Å². The molecule has 0 aromatic heterocycles. The Morgan fingerprint density at radius 2 is 1.41 bits per heavy atom. The number of ether oxygens (including phenoxy) is 2. The van der Waals surface area contributed by atoms with Crippen molar-refractivity contribution in [1.82, 2.24) is 9.80 Å². The second-order valence-electron chi connectivity index (χ2n) is 9.34. The number of hydrogen-bond donors (Lipinski definition) is 1. The summed E-state index contributed by atoms with van der Waals surface area (Å²) in [6, 6.07) is 25.5. The molecule has 8 nitrogen and oxygen atoms in total. The van der Waals surface area contributed by atoms with Gasteiger partial charge >= 0.3 is 12.0 Å². The molecule has 1 fully saturated rings. The summed E-state index contributed by atoms with van der Waals surface area (Å²) in [7, 11) is 0. The third-order valence-corrected chi connectivity index (χ3v) is 6.09. The highest BCUT2D eigenvalue weighted by Crippen LogP contribution is 2.24. The van der Waals surface area contributed by atoms with E-state index in [4.69, 9.17) is 9.47 Å². The van der Waals surface area contributed by atoms with Gasteiger partial charge in [0.1, 0.15) is 5.75 Å². The van der Waals surface area contributed by atoms with Crippen molar-refractivity contribution >= 4 is 17.9 Å². The van der Waals surface area contributed by atoms with Gasteiger partial charge in [-0.3, -0.25) is 14.6 Å². The smallest absolute Gasteiger partial charge is 0.347 e. The summed E-state index contributed by atoms with van der Waals surface area (Å²) in [5, 5.41) is 9.23. The predicted molar refractivity (Wildman–Crippen MR) is 137 cm³/mol. The number of hydrogen-bond acceptors (Lipinski definition) is 5. The van der Waals surface area contributed by atoms with Gasteiger partial charge in [0.25, 0.3) is 5.91 Å². The van der Waals surface area contributed by atoms with E-state index >= 15 is 0 Å². The molecule has 3 aromatic carbocycles. The molecular formula is C29H30N2O6. The zero-order chi connectivity index (χ0) is 26.4. The van der Waals surface area contributed by atoms with Crippen LogP contribution in [0.2, 0.25) is 0 Å². The molecule has 1 N–H and O–H groups in total. The van der Waals surface area contributed by atoms with Crippen LogP contribution < -0.4 is 4.74 Å². The number of carboxylic acid groups (broad SMARTS) is 1. The number of rotatable bonds is 11. The Kier molecular flexibility index (Phi) is 7.89. The van der Waals surface area contributed by atoms with Crippen molar-refractivity contribution in [2.24, 2.45) is 0 Å². The SMILES string of the molecule is CC(C)(Oc1ccc(CCOC2C(=O)N(Cc3ccccc3)C(=O)N2Cc2ccccc2)cc1)C(=O)O. The molecule has 1 saturated heterocycles. The molecule has 0 aliphatic carbocycles. The average molecular weight is 503 g/mol. The standard InChI is InChI=1S/C29H30N2O6/c1-29(2,27(33)34)37-24-15-13-21(14-16-24)17-18-36-26-25(32)30(19-22-9-5-3-6-10-22)28(35)31(26)20-23-11-7-4-8-12-23/h3-16,26H,17-20H2,1-2H3,(H,33,34). The van der Waals surface area contributed by atoms with Gasteiger partial charge in [-0.15, -0.1) is 0 Å². The fourth-order valence-electron chi connectivity index (χ4n) is 3.97. The van der Waals surface area contributed by atoms with Crippen molar-refractivity contribution < 1.29 is 29.0 Å². The third-order valence-electron chi connectivity index (χ3n) is 6.09. The van der Waals surface area contributed by atoms with Gasteiger partial charge in [0.15, 0.2) is 5.60 Å². The first-order chi connectivity index (χ1) is 17.7. The summed E-state index contributed by atoms with van der Waals surface area (Å²) >= 11 is 0. The molecule has 0 spiro atoms. The Hall–Kier alpha value is -4.17. The number of carbonyl (C=O) groups is 3. The highest BCUT2D eigenvalue weighted by atomic mass is 16.5. The predicted octanol–water partition coefficient (Wildman–Crippen LogP) is 4.48. The lowest BCUT2D eigenvalue weighted by Gasteiger charge is -2.22. The average Bonchev–Trinajstić information content (AvgIpc) is 3.10. The molecule has 37 heavy (non-hydrogen) atoms. The van der Waals surface area contributed by atoms with E-state index < -0.39 is 17.8 Å². The van der Waals surface area contributed by atoms with Crippen molar-refractivity contribution in [3.63, 3.8) is 0 Å². The lowest BCUT2D eigenvalue weighted by molar-refractivity contribution is -0.152. The monoisotopic (exact) mass is 502 g/mol. The summed E-state index contributed by atoms with van der Waals surface area (Å²) in [6.45, 7) is 3.62. The summed E-state index contributed by atoms with van der Waals surface area (Å²) in [5.41, 5.74) is 1.35. The first kappa shape index (κ1) is 25.9. The summed E-state index contributed by atoms with van der Waals surface area (Å²) in [6.07, 6.45) is -0.520. The minimum absolute atomic E-state index is 0.178. The molecule has 3 aromatic rings. The van der Waals surface area contributed by atoms with Gasteiger partial charge in [0.05, 0.1) is 19.7 Å². The maximum atomic E-state index is 13.3. The number of urea groups is 1. The van der Waals surface area contributed by atoms with Crippen LogP contribution in [0.5, 0.6) is 5.75 Å². The lowest BCUT2D eigenvalue weighted by Crippen LogP contribution is -2.37. The van der Waals surface area contributed by atoms with Crippen LogP contribution in [0.4, 0.5) is 4.79 Å². The first-order valence-corrected chi connectivity index (χ1v) is 12.1. The van der Waals surface area contributed by atoms with E-state index in [-0.39, 0.29) is 31.6 Å². The van der Waals surface area contributed by atoms with E-state index in [0.717, 1.165) is 16.7 Å². The minimum Gasteiger partial charge on any atom is -0.478 e. The maximum Gasteiger partial charge on any atom is 0.347 e. The first-order valence-electron chi connectivity index (χ1n) is 12.1. The topological polar surface area (TPSA) is 96.4 Å². The molecule has 8 heteroatoms. The van der Waals surface area contributed by atoms with Gasteiger partial charge in [0.2, 0.25) is 6.23 Å². The van der Waals surface area contributed by atoms with E-state index in [9.17, 15) is 19.5 Å². The molecule has 1 unspecified atom stereocenters. The van der Waals surface area contributed by atoms with E-state index in [1.54, 1.807) is 12.1 Å². The zero-order valence-corrected chi connectivity index (χ0v) is 20.9. The second-order valence-corrected chi connectivity index (χ2v) is 9.34. The molecular weight excluding hydrogens is 472 g/mol. The van der Waals surface area contributed by atoms with E-state index in [1.807, 2.05) is 72.8 Å². The Balaban J connectivity index is 1.42. The Morgan fingerprint density at radius 3 is 1.97 bits per heavy atom. The number of imide groups is 1.